The number of nitrogens with zero attached hydrogens (tertiary/aromatic N) is 2. The molecule has 4 rings (SSSR count). The molecule has 1 saturated heterocycles. The van der Waals surface area contributed by atoms with E-state index >= 15 is 0 Å². The Balaban J connectivity index is 1.62. The number of hydrogen-bond acceptors (Lipinski definition) is 4. The van der Waals surface area contributed by atoms with Crippen LogP contribution in [-0.2, 0) is 6.54 Å². The number of benzene rings is 3. The molecular formula is C27H30FN3O2. The number of nitrogens with two attached hydrogens (primary N) is 1. The van der Waals surface area contributed by atoms with Crippen molar-refractivity contribution in [2.75, 3.05) is 13.1 Å². The normalized spacial score (nSPS) is 20.5. The van der Waals surface area contributed by atoms with E-state index < -0.39 is 5.91 Å². The number of piperazine rings is 1. The maximum absolute atomic E-state index is 13.7. The maximum Gasteiger partial charge on any atom is 0.248 e. The standard InChI is InChI=1S/C27H30FN3O2/c1-18-16-31(19(2)15-30(18)17-20-5-3-7-24(28)13-20)26(23-6-4-8-25(32)14-23)21-9-11-22(12-10-21)27(29)33/h3-14,18-19,26,32H,15-17H2,1-2H3,(H2,29,33)/t18-,19+,26-/m1/s1. The lowest BCUT2D eigenvalue weighted by Gasteiger charge is -2.47. The summed E-state index contributed by atoms with van der Waals surface area (Å²) in [5.74, 6) is -0.449. The van der Waals surface area contributed by atoms with Crippen LogP contribution in [0.15, 0.2) is 72.8 Å². The number of amides is 1. The number of hydrogen-bond donors (Lipinski definition) is 2. The van der Waals surface area contributed by atoms with Crippen molar-refractivity contribution in [1.29, 1.82) is 0 Å². The average molecular weight is 448 g/mol. The summed E-state index contributed by atoms with van der Waals surface area (Å²) < 4.78 is 13.7. The summed E-state index contributed by atoms with van der Waals surface area (Å²) in [4.78, 5) is 16.4. The molecule has 0 bridgehead atoms. The Bertz CT molecular complexity index is 1120. The monoisotopic (exact) mass is 447 g/mol. The van der Waals surface area contributed by atoms with E-state index in [0.29, 0.717) is 12.1 Å². The van der Waals surface area contributed by atoms with E-state index in [1.54, 1.807) is 36.4 Å². The van der Waals surface area contributed by atoms with E-state index in [9.17, 15) is 14.3 Å². The number of primary amides is 1. The van der Waals surface area contributed by atoms with Crippen LogP contribution >= 0.6 is 0 Å². The SMILES string of the molecule is C[C@@H]1CN([C@H](c2ccc(C(N)=O)cc2)c2cccc(O)c2)[C@@H](C)CN1Cc1cccc(F)c1. The Hall–Kier alpha value is -3.22. The van der Waals surface area contributed by atoms with Crippen LogP contribution in [0, 0.1) is 5.82 Å². The van der Waals surface area contributed by atoms with Crippen molar-refractivity contribution in [3.63, 3.8) is 0 Å². The van der Waals surface area contributed by atoms with Gasteiger partial charge in [-0.05, 0) is 66.9 Å². The second kappa shape index (κ2) is 9.73. The van der Waals surface area contributed by atoms with Gasteiger partial charge in [0.25, 0.3) is 0 Å². The number of phenols is 1. The van der Waals surface area contributed by atoms with E-state index in [4.69, 9.17) is 5.73 Å². The zero-order chi connectivity index (χ0) is 23.5. The van der Waals surface area contributed by atoms with Crippen LogP contribution in [0.5, 0.6) is 5.75 Å². The van der Waals surface area contributed by atoms with Crippen molar-refractivity contribution < 1.29 is 14.3 Å². The molecule has 172 valence electrons. The van der Waals surface area contributed by atoms with Crippen LogP contribution in [0.2, 0.25) is 0 Å². The molecule has 1 heterocycles. The molecule has 0 unspecified atom stereocenters. The first-order chi connectivity index (χ1) is 15.8. The quantitative estimate of drug-likeness (QED) is 0.591. The molecule has 3 atom stereocenters. The predicted molar refractivity (Wildman–Crippen MR) is 127 cm³/mol. The molecule has 3 aromatic carbocycles. The fraction of sp³-hybridized carbons (Fsp3) is 0.296. The van der Waals surface area contributed by atoms with Gasteiger partial charge in [-0.2, -0.15) is 0 Å². The van der Waals surface area contributed by atoms with Gasteiger partial charge in [0.05, 0.1) is 6.04 Å². The maximum atomic E-state index is 13.7. The minimum Gasteiger partial charge on any atom is -0.508 e. The number of carbonyl (C=O) groups is 1. The number of carbonyl (C=O) groups excluding carboxylic acids is 1. The third kappa shape index (κ3) is 5.24. The lowest BCUT2D eigenvalue weighted by Crippen LogP contribution is -2.56. The fourth-order valence-electron chi connectivity index (χ4n) is 4.77. The van der Waals surface area contributed by atoms with Gasteiger partial charge in [-0.1, -0.05) is 36.4 Å². The smallest absolute Gasteiger partial charge is 0.248 e. The van der Waals surface area contributed by atoms with Gasteiger partial charge < -0.3 is 10.8 Å². The van der Waals surface area contributed by atoms with Crippen LogP contribution in [0.4, 0.5) is 4.39 Å². The van der Waals surface area contributed by atoms with Crippen molar-refractivity contribution in [1.82, 2.24) is 9.80 Å². The Morgan fingerprint density at radius 3 is 2.39 bits per heavy atom. The Morgan fingerprint density at radius 2 is 1.73 bits per heavy atom. The number of phenolic OH excluding ortho intramolecular Hbond substituents is 1. The summed E-state index contributed by atoms with van der Waals surface area (Å²) in [6.07, 6.45) is 0. The summed E-state index contributed by atoms with van der Waals surface area (Å²) in [6, 6.07) is 21.8. The second-order valence-electron chi connectivity index (χ2n) is 8.94. The Kier molecular flexibility index (Phi) is 6.77. The lowest BCUT2D eigenvalue weighted by atomic mass is 9.92. The van der Waals surface area contributed by atoms with Gasteiger partial charge in [-0.15, -0.1) is 0 Å². The second-order valence-corrected chi connectivity index (χ2v) is 8.94. The molecule has 1 aliphatic heterocycles. The predicted octanol–water partition coefficient (Wildman–Crippen LogP) is 4.31. The first kappa shape index (κ1) is 23.0. The minimum absolute atomic E-state index is 0.0900. The summed E-state index contributed by atoms with van der Waals surface area (Å²) in [7, 11) is 0. The number of aromatic hydroxyl groups is 1. The zero-order valence-electron chi connectivity index (χ0n) is 19.0. The van der Waals surface area contributed by atoms with Gasteiger partial charge in [-0.3, -0.25) is 14.6 Å². The van der Waals surface area contributed by atoms with Gasteiger partial charge in [0.2, 0.25) is 5.91 Å². The molecule has 0 radical (unpaired) electrons. The summed E-state index contributed by atoms with van der Waals surface area (Å²) >= 11 is 0. The van der Waals surface area contributed by atoms with Crippen LogP contribution in [0.25, 0.3) is 0 Å². The molecule has 33 heavy (non-hydrogen) atoms. The van der Waals surface area contributed by atoms with Crippen molar-refractivity contribution in [3.8, 4) is 5.75 Å². The molecule has 3 N–H and O–H groups in total. The minimum atomic E-state index is -0.455. The van der Waals surface area contributed by atoms with E-state index in [1.807, 2.05) is 30.3 Å². The summed E-state index contributed by atoms with van der Waals surface area (Å²) in [6.45, 7) is 6.70. The molecule has 0 saturated carbocycles. The van der Waals surface area contributed by atoms with Crippen molar-refractivity contribution in [2.24, 2.45) is 5.73 Å². The summed E-state index contributed by atoms with van der Waals surface area (Å²) in [5.41, 5.74) is 8.88. The third-order valence-corrected chi connectivity index (χ3v) is 6.47. The van der Waals surface area contributed by atoms with Crippen molar-refractivity contribution in [2.45, 2.75) is 38.5 Å². The third-order valence-electron chi connectivity index (χ3n) is 6.47. The molecule has 0 spiro atoms. The molecular weight excluding hydrogens is 417 g/mol. The molecule has 3 aromatic rings. The highest BCUT2D eigenvalue weighted by atomic mass is 19.1. The van der Waals surface area contributed by atoms with Gasteiger partial charge in [-0.25, -0.2) is 4.39 Å². The highest BCUT2D eigenvalue weighted by molar-refractivity contribution is 5.92. The number of rotatable bonds is 6. The molecule has 5 nitrogen and oxygen atoms in total. The first-order valence-corrected chi connectivity index (χ1v) is 11.2. The van der Waals surface area contributed by atoms with Gasteiger partial charge in [0.1, 0.15) is 11.6 Å². The van der Waals surface area contributed by atoms with Gasteiger partial charge >= 0.3 is 0 Å². The lowest BCUT2D eigenvalue weighted by molar-refractivity contribution is 0.0194. The van der Waals surface area contributed by atoms with Crippen molar-refractivity contribution >= 4 is 5.91 Å². The molecule has 1 aliphatic rings. The first-order valence-electron chi connectivity index (χ1n) is 11.2. The Morgan fingerprint density at radius 1 is 1.00 bits per heavy atom. The zero-order valence-corrected chi connectivity index (χ0v) is 19.0. The fourth-order valence-corrected chi connectivity index (χ4v) is 4.77. The van der Waals surface area contributed by atoms with E-state index in [0.717, 1.165) is 29.8 Å². The van der Waals surface area contributed by atoms with Gasteiger partial charge in [0.15, 0.2) is 0 Å². The van der Waals surface area contributed by atoms with Crippen LogP contribution in [0.1, 0.15) is 46.9 Å². The molecule has 0 aliphatic carbocycles. The topological polar surface area (TPSA) is 69.8 Å². The molecule has 0 aromatic heterocycles. The highest BCUT2D eigenvalue weighted by Crippen LogP contribution is 2.35. The number of halogens is 1. The Labute approximate surface area is 194 Å². The van der Waals surface area contributed by atoms with Crippen LogP contribution in [0.3, 0.4) is 0 Å². The largest absolute Gasteiger partial charge is 0.508 e. The molecule has 1 amide bonds. The summed E-state index contributed by atoms with van der Waals surface area (Å²) in [5, 5.41) is 10.2. The molecule has 6 heteroatoms. The van der Waals surface area contributed by atoms with E-state index in [1.165, 1.54) is 6.07 Å². The van der Waals surface area contributed by atoms with Crippen LogP contribution in [-0.4, -0.2) is 46.0 Å². The van der Waals surface area contributed by atoms with E-state index in [-0.39, 0.29) is 29.7 Å². The van der Waals surface area contributed by atoms with Crippen molar-refractivity contribution in [3.05, 3.63) is 101 Å². The van der Waals surface area contributed by atoms with E-state index in [2.05, 4.69) is 23.6 Å². The van der Waals surface area contributed by atoms with Crippen LogP contribution < -0.4 is 5.73 Å². The van der Waals surface area contributed by atoms with Gasteiger partial charge in [0, 0.05) is 37.3 Å². The average Bonchev–Trinajstić information content (AvgIpc) is 2.78. The molecule has 1 fully saturated rings. The highest BCUT2D eigenvalue weighted by Gasteiger charge is 2.35.